The van der Waals surface area contributed by atoms with Crippen molar-refractivity contribution in [2.45, 2.75) is 57.5 Å². The van der Waals surface area contributed by atoms with Crippen LogP contribution in [-0.2, 0) is 9.47 Å². The number of hydrogen-bond donors (Lipinski definition) is 4. The fraction of sp³-hybridized carbons (Fsp3) is 1.00. The van der Waals surface area contributed by atoms with Gasteiger partial charge in [0.25, 0.3) is 0 Å². The van der Waals surface area contributed by atoms with E-state index in [0.717, 1.165) is 12.8 Å². The Morgan fingerprint density at radius 2 is 1.79 bits per heavy atom. The maximum Gasteiger partial charge on any atom is 0.163 e. The summed E-state index contributed by atoms with van der Waals surface area (Å²) in [5.74, 6) is -0.417. The molecule has 1 aliphatic heterocycles. The van der Waals surface area contributed by atoms with Gasteiger partial charge in [0.15, 0.2) is 5.79 Å². The molecule has 0 radical (unpaired) electrons. The van der Waals surface area contributed by atoms with Crippen LogP contribution in [0, 0.1) is 0 Å². The van der Waals surface area contributed by atoms with E-state index in [0.29, 0.717) is 19.4 Å². The van der Waals surface area contributed by atoms with E-state index in [1.807, 2.05) is 13.8 Å². The minimum Gasteiger partial charge on any atom is -0.396 e. The van der Waals surface area contributed by atoms with E-state index in [2.05, 4.69) is 0 Å². The van der Waals surface area contributed by atoms with E-state index in [-0.39, 0.29) is 25.9 Å². The van der Waals surface area contributed by atoms with E-state index < -0.39 is 11.9 Å². The lowest BCUT2D eigenvalue weighted by atomic mass is 10.2. The Morgan fingerprint density at radius 3 is 2.21 bits per heavy atom. The summed E-state index contributed by atoms with van der Waals surface area (Å²) in [6.07, 6.45) is 2.25. The second kappa shape index (κ2) is 10.5. The van der Waals surface area contributed by atoms with Crippen LogP contribution in [0.5, 0.6) is 0 Å². The summed E-state index contributed by atoms with van der Waals surface area (Å²) in [5, 5.41) is 33.6. The summed E-state index contributed by atoms with van der Waals surface area (Å²) < 4.78 is 10.9. The maximum absolute atomic E-state index is 8.63. The number of hydrogen-bond acceptors (Lipinski definition) is 6. The van der Waals surface area contributed by atoms with Gasteiger partial charge in [0.2, 0.25) is 0 Å². The molecule has 1 saturated heterocycles. The zero-order valence-corrected chi connectivity index (χ0v) is 11.9. The second-order valence-corrected chi connectivity index (χ2v) is 5.02. The van der Waals surface area contributed by atoms with Crippen LogP contribution in [0.15, 0.2) is 0 Å². The molecule has 4 N–H and O–H groups in total. The van der Waals surface area contributed by atoms with E-state index in [4.69, 9.17) is 29.9 Å². The van der Waals surface area contributed by atoms with Gasteiger partial charge < -0.3 is 29.9 Å². The fourth-order valence-electron chi connectivity index (χ4n) is 1.64. The first kappa shape index (κ1) is 18.8. The quantitative estimate of drug-likeness (QED) is 0.525. The van der Waals surface area contributed by atoms with Crippen LogP contribution in [0.25, 0.3) is 0 Å². The average molecular weight is 280 g/mol. The van der Waals surface area contributed by atoms with E-state index in [1.165, 1.54) is 0 Å². The third-order valence-corrected chi connectivity index (χ3v) is 2.66. The standard InChI is InChI=1S/C8H16O3.C5H12O3/c1-8(2)10-6-7(11-8)4-3-5-9;6-3-1-2-5(8)4-7/h7,9H,3-6H2,1-2H3;5-8H,1-4H2. The van der Waals surface area contributed by atoms with Gasteiger partial charge in [0.1, 0.15) is 0 Å². The molecule has 6 heteroatoms. The monoisotopic (exact) mass is 280 g/mol. The van der Waals surface area contributed by atoms with Gasteiger partial charge in [-0.1, -0.05) is 0 Å². The molecule has 0 saturated carbocycles. The first-order chi connectivity index (χ1) is 8.95. The van der Waals surface area contributed by atoms with Gasteiger partial charge in [-0.3, -0.25) is 0 Å². The summed E-state index contributed by atoms with van der Waals surface area (Å²) in [7, 11) is 0. The smallest absolute Gasteiger partial charge is 0.163 e. The van der Waals surface area contributed by atoms with Crippen LogP contribution in [0.4, 0.5) is 0 Å². The topological polar surface area (TPSA) is 99.4 Å². The Hall–Kier alpha value is -0.240. The molecule has 116 valence electrons. The van der Waals surface area contributed by atoms with Crippen molar-refractivity contribution in [2.24, 2.45) is 0 Å². The van der Waals surface area contributed by atoms with Crippen LogP contribution < -0.4 is 0 Å². The highest BCUT2D eigenvalue weighted by molar-refractivity contribution is 4.70. The summed E-state index contributed by atoms with van der Waals surface area (Å²) in [6.45, 7) is 4.59. The van der Waals surface area contributed by atoms with Crippen molar-refractivity contribution in [1.82, 2.24) is 0 Å². The van der Waals surface area contributed by atoms with Crippen molar-refractivity contribution in [3.05, 3.63) is 0 Å². The highest BCUT2D eigenvalue weighted by Crippen LogP contribution is 2.24. The lowest BCUT2D eigenvalue weighted by Gasteiger charge is -2.16. The van der Waals surface area contributed by atoms with Crippen molar-refractivity contribution >= 4 is 0 Å². The molecule has 2 unspecified atom stereocenters. The molecule has 0 aromatic heterocycles. The Kier molecular flexibility index (Phi) is 10.4. The minimum absolute atomic E-state index is 0.0804. The summed E-state index contributed by atoms with van der Waals surface area (Å²) >= 11 is 0. The summed E-state index contributed by atoms with van der Waals surface area (Å²) in [6, 6.07) is 0. The molecule has 0 spiro atoms. The first-order valence-corrected chi connectivity index (χ1v) is 6.77. The number of aliphatic hydroxyl groups is 4. The van der Waals surface area contributed by atoms with Gasteiger partial charge in [0.05, 0.1) is 25.4 Å². The molecule has 0 aromatic carbocycles. The van der Waals surface area contributed by atoms with Gasteiger partial charge in [-0.15, -0.1) is 0 Å². The molecule has 1 heterocycles. The van der Waals surface area contributed by atoms with E-state index in [9.17, 15) is 0 Å². The lowest BCUT2D eigenvalue weighted by Crippen LogP contribution is -2.21. The van der Waals surface area contributed by atoms with Gasteiger partial charge in [-0.25, -0.2) is 0 Å². The number of rotatable bonds is 7. The first-order valence-electron chi connectivity index (χ1n) is 6.77. The van der Waals surface area contributed by atoms with Gasteiger partial charge >= 0.3 is 0 Å². The third-order valence-electron chi connectivity index (χ3n) is 2.66. The number of ether oxygens (including phenoxy) is 2. The van der Waals surface area contributed by atoms with E-state index >= 15 is 0 Å². The molecule has 2 atom stereocenters. The molecule has 1 aliphatic rings. The summed E-state index contributed by atoms with van der Waals surface area (Å²) in [5.41, 5.74) is 0. The SMILES string of the molecule is CC1(C)OCC(CCCO)O1.OCCCC(O)CO. The fourth-order valence-corrected chi connectivity index (χ4v) is 1.64. The van der Waals surface area contributed by atoms with Crippen molar-refractivity contribution in [2.75, 3.05) is 26.4 Å². The third kappa shape index (κ3) is 10.2. The molecule has 19 heavy (non-hydrogen) atoms. The Labute approximate surface area is 115 Å². The lowest BCUT2D eigenvalue weighted by molar-refractivity contribution is -0.139. The zero-order chi connectivity index (χ0) is 14.7. The molecule has 6 nitrogen and oxygen atoms in total. The average Bonchev–Trinajstić information content (AvgIpc) is 2.73. The molecule has 0 aliphatic carbocycles. The van der Waals surface area contributed by atoms with Crippen LogP contribution in [0.1, 0.15) is 39.5 Å². The highest BCUT2D eigenvalue weighted by atomic mass is 16.7. The molecule has 0 amide bonds. The molecular weight excluding hydrogens is 252 g/mol. The molecule has 0 aromatic rings. The van der Waals surface area contributed by atoms with Crippen molar-refractivity contribution in [1.29, 1.82) is 0 Å². The molecule has 0 bridgehead atoms. The predicted octanol–water partition coefficient (Wildman–Crippen LogP) is 0.0225. The zero-order valence-electron chi connectivity index (χ0n) is 11.9. The second-order valence-electron chi connectivity index (χ2n) is 5.02. The van der Waals surface area contributed by atoms with E-state index in [1.54, 1.807) is 0 Å². The Bertz CT molecular complexity index is 209. The molecular formula is C13H28O6. The van der Waals surface area contributed by atoms with Crippen LogP contribution >= 0.6 is 0 Å². The van der Waals surface area contributed by atoms with Crippen molar-refractivity contribution in [3.63, 3.8) is 0 Å². The van der Waals surface area contributed by atoms with Crippen LogP contribution in [-0.4, -0.2) is 64.8 Å². The normalized spacial score (nSPS) is 22.7. The molecule has 1 fully saturated rings. The van der Waals surface area contributed by atoms with Gasteiger partial charge in [0, 0.05) is 13.2 Å². The molecule has 1 rings (SSSR count). The minimum atomic E-state index is -0.651. The van der Waals surface area contributed by atoms with Crippen LogP contribution in [0.2, 0.25) is 0 Å². The van der Waals surface area contributed by atoms with Crippen LogP contribution in [0.3, 0.4) is 0 Å². The van der Waals surface area contributed by atoms with Gasteiger partial charge in [-0.05, 0) is 39.5 Å². The Morgan fingerprint density at radius 1 is 1.16 bits per heavy atom. The Balaban J connectivity index is 0.000000362. The largest absolute Gasteiger partial charge is 0.396 e. The highest BCUT2D eigenvalue weighted by Gasteiger charge is 2.31. The summed E-state index contributed by atoms with van der Waals surface area (Å²) in [4.78, 5) is 0. The number of aliphatic hydroxyl groups excluding tert-OH is 4. The van der Waals surface area contributed by atoms with Gasteiger partial charge in [-0.2, -0.15) is 0 Å². The maximum atomic E-state index is 8.63. The predicted molar refractivity (Wildman–Crippen MR) is 70.6 cm³/mol. The van der Waals surface area contributed by atoms with Crippen molar-refractivity contribution in [3.8, 4) is 0 Å². The van der Waals surface area contributed by atoms with Crippen molar-refractivity contribution < 1.29 is 29.9 Å².